The first kappa shape index (κ1) is 19.4. The van der Waals surface area contributed by atoms with Gasteiger partial charge in [0.2, 0.25) is 5.91 Å². The van der Waals surface area contributed by atoms with E-state index in [9.17, 15) is 4.79 Å². The van der Waals surface area contributed by atoms with Crippen molar-refractivity contribution in [3.8, 4) is 6.01 Å². The Balaban J connectivity index is 1.52. The van der Waals surface area contributed by atoms with E-state index in [-0.39, 0.29) is 17.7 Å². The standard InChI is InChI=1S/C17H25BClN3O4/c1-16(2)17(3,4)26-18(25-16)13-8-20-15(21-9-13)24-11-12-5-6-22(10-12)14(23)7-19/h8-9,12H,5-7,10-11H2,1-4H3/t12-/m0/s1. The predicted octanol–water partition coefficient (Wildman–Crippen LogP) is 1.24. The lowest BCUT2D eigenvalue weighted by Gasteiger charge is -2.32. The summed E-state index contributed by atoms with van der Waals surface area (Å²) in [6.07, 6.45) is 4.24. The Kier molecular flexibility index (Phi) is 5.46. The highest BCUT2D eigenvalue weighted by molar-refractivity contribution is 6.61. The van der Waals surface area contributed by atoms with Gasteiger partial charge in [-0.15, -0.1) is 11.6 Å². The molecule has 0 unspecified atom stereocenters. The van der Waals surface area contributed by atoms with Crippen molar-refractivity contribution in [2.75, 3.05) is 25.6 Å². The number of alkyl halides is 1. The largest absolute Gasteiger partial charge is 0.498 e. The molecule has 26 heavy (non-hydrogen) atoms. The van der Waals surface area contributed by atoms with E-state index in [0.29, 0.717) is 19.2 Å². The number of hydrogen-bond donors (Lipinski definition) is 0. The summed E-state index contributed by atoms with van der Waals surface area (Å²) in [7, 11) is -0.487. The van der Waals surface area contributed by atoms with Crippen LogP contribution in [0, 0.1) is 5.92 Å². The monoisotopic (exact) mass is 381 g/mol. The number of ether oxygens (including phenoxy) is 1. The molecule has 3 heterocycles. The van der Waals surface area contributed by atoms with Crippen molar-refractivity contribution in [2.45, 2.75) is 45.3 Å². The molecule has 0 aliphatic carbocycles. The maximum atomic E-state index is 11.6. The summed E-state index contributed by atoms with van der Waals surface area (Å²) in [5.74, 6) is 0.266. The molecular weight excluding hydrogens is 356 g/mol. The number of amides is 1. The van der Waals surface area contributed by atoms with Gasteiger partial charge in [-0.1, -0.05) is 0 Å². The highest BCUT2D eigenvalue weighted by Gasteiger charge is 2.52. The number of nitrogens with zero attached hydrogens (tertiary/aromatic N) is 3. The molecule has 1 atom stereocenters. The Morgan fingerprint density at radius 3 is 2.50 bits per heavy atom. The van der Waals surface area contributed by atoms with E-state index in [1.807, 2.05) is 27.7 Å². The highest BCUT2D eigenvalue weighted by atomic mass is 35.5. The van der Waals surface area contributed by atoms with Gasteiger partial charge in [0.15, 0.2) is 0 Å². The lowest BCUT2D eigenvalue weighted by atomic mass is 9.81. The van der Waals surface area contributed by atoms with Crippen molar-refractivity contribution < 1.29 is 18.8 Å². The molecule has 0 saturated carbocycles. The first-order valence-corrected chi connectivity index (χ1v) is 9.39. The molecule has 3 rings (SSSR count). The molecule has 7 nitrogen and oxygen atoms in total. The maximum absolute atomic E-state index is 11.6. The fraction of sp³-hybridized carbons (Fsp3) is 0.706. The molecular formula is C17H25BClN3O4. The number of likely N-dealkylation sites (tertiary alicyclic amines) is 1. The molecule has 0 spiro atoms. The number of carbonyl (C=O) groups is 1. The molecule has 0 bridgehead atoms. The molecule has 1 aromatic heterocycles. The summed E-state index contributed by atoms with van der Waals surface area (Å²) < 4.78 is 17.6. The van der Waals surface area contributed by atoms with Crippen LogP contribution in [0.3, 0.4) is 0 Å². The molecule has 0 radical (unpaired) electrons. The van der Waals surface area contributed by atoms with E-state index in [4.69, 9.17) is 25.6 Å². The summed E-state index contributed by atoms with van der Waals surface area (Å²) in [6.45, 7) is 9.88. The second-order valence-corrected chi connectivity index (χ2v) is 8.09. The Morgan fingerprint density at radius 2 is 1.92 bits per heavy atom. The molecule has 0 N–H and O–H groups in total. The minimum absolute atomic E-state index is 0.0249. The zero-order valence-corrected chi connectivity index (χ0v) is 16.5. The number of carbonyl (C=O) groups excluding carboxylic acids is 1. The Bertz CT molecular complexity index is 640. The van der Waals surface area contributed by atoms with Gasteiger partial charge in [-0.2, -0.15) is 0 Å². The van der Waals surface area contributed by atoms with Crippen LogP contribution in [-0.2, 0) is 14.1 Å². The Labute approximate surface area is 159 Å². The average Bonchev–Trinajstić information content (AvgIpc) is 3.15. The topological polar surface area (TPSA) is 73.8 Å². The molecule has 142 valence electrons. The number of rotatable bonds is 5. The zero-order chi connectivity index (χ0) is 18.9. The van der Waals surface area contributed by atoms with Crippen LogP contribution in [0.1, 0.15) is 34.1 Å². The smallest absolute Gasteiger partial charge is 0.463 e. The lowest BCUT2D eigenvalue weighted by Crippen LogP contribution is -2.41. The van der Waals surface area contributed by atoms with Gasteiger partial charge in [0.05, 0.1) is 17.8 Å². The number of halogens is 1. The molecule has 2 fully saturated rings. The summed E-state index contributed by atoms with van der Waals surface area (Å²) in [6, 6.07) is 0.312. The molecule has 1 aromatic rings. The van der Waals surface area contributed by atoms with E-state index >= 15 is 0 Å². The van der Waals surface area contributed by atoms with Gasteiger partial charge in [-0.3, -0.25) is 4.79 Å². The Hall–Kier alpha value is -1.38. The summed E-state index contributed by atoms with van der Waals surface area (Å²) in [4.78, 5) is 21.9. The first-order chi connectivity index (χ1) is 12.2. The third-order valence-corrected chi connectivity index (χ3v) is 5.60. The minimum atomic E-state index is -0.487. The first-order valence-electron chi connectivity index (χ1n) is 8.86. The molecule has 1 amide bonds. The third-order valence-electron chi connectivity index (χ3n) is 5.37. The van der Waals surface area contributed by atoms with Gasteiger partial charge in [-0.05, 0) is 34.1 Å². The van der Waals surface area contributed by atoms with Crippen molar-refractivity contribution in [3.63, 3.8) is 0 Å². The van der Waals surface area contributed by atoms with Gasteiger partial charge in [-0.25, -0.2) is 9.97 Å². The van der Waals surface area contributed by atoms with Crippen molar-refractivity contribution in [1.29, 1.82) is 0 Å². The van der Waals surface area contributed by atoms with E-state index in [1.54, 1.807) is 17.3 Å². The van der Waals surface area contributed by atoms with Gasteiger partial charge in [0.25, 0.3) is 0 Å². The molecule has 0 aromatic carbocycles. The fourth-order valence-electron chi connectivity index (χ4n) is 2.97. The molecule has 2 saturated heterocycles. The predicted molar refractivity (Wildman–Crippen MR) is 98.7 cm³/mol. The summed E-state index contributed by atoms with van der Waals surface area (Å²) in [5.41, 5.74) is -0.0423. The van der Waals surface area contributed by atoms with Crippen LogP contribution in [0.25, 0.3) is 0 Å². The SMILES string of the molecule is CC1(C)OB(c2cnc(OC[C@H]3CCN(C(=O)CCl)C3)nc2)OC1(C)C. The van der Waals surface area contributed by atoms with Crippen LogP contribution in [0.5, 0.6) is 6.01 Å². The van der Waals surface area contributed by atoms with Crippen LogP contribution in [0.15, 0.2) is 12.4 Å². The van der Waals surface area contributed by atoms with Crippen molar-refractivity contribution in [3.05, 3.63) is 12.4 Å². The van der Waals surface area contributed by atoms with Crippen LogP contribution in [0.4, 0.5) is 0 Å². The lowest BCUT2D eigenvalue weighted by molar-refractivity contribution is -0.127. The van der Waals surface area contributed by atoms with E-state index in [2.05, 4.69) is 9.97 Å². The average molecular weight is 382 g/mol. The van der Waals surface area contributed by atoms with Gasteiger partial charge < -0.3 is 18.9 Å². The van der Waals surface area contributed by atoms with Gasteiger partial charge in [0, 0.05) is 36.9 Å². The third kappa shape index (κ3) is 3.97. The second kappa shape index (κ2) is 7.33. The van der Waals surface area contributed by atoms with Crippen molar-refractivity contribution >= 4 is 30.1 Å². The van der Waals surface area contributed by atoms with Crippen LogP contribution in [-0.4, -0.2) is 64.7 Å². The molecule has 2 aliphatic rings. The van der Waals surface area contributed by atoms with Crippen LogP contribution in [0.2, 0.25) is 0 Å². The summed E-state index contributed by atoms with van der Waals surface area (Å²) >= 11 is 5.59. The molecule has 2 aliphatic heterocycles. The normalized spacial score (nSPS) is 24.1. The fourth-order valence-corrected chi connectivity index (χ4v) is 3.14. The highest BCUT2D eigenvalue weighted by Crippen LogP contribution is 2.36. The van der Waals surface area contributed by atoms with E-state index in [1.165, 1.54) is 0 Å². The van der Waals surface area contributed by atoms with E-state index in [0.717, 1.165) is 18.4 Å². The number of hydrogen-bond acceptors (Lipinski definition) is 6. The van der Waals surface area contributed by atoms with Crippen LogP contribution < -0.4 is 10.2 Å². The van der Waals surface area contributed by atoms with Gasteiger partial charge >= 0.3 is 13.1 Å². The Morgan fingerprint density at radius 1 is 1.31 bits per heavy atom. The van der Waals surface area contributed by atoms with Crippen LogP contribution >= 0.6 is 11.6 Å². The van der Waals surface area contributed by atoms with Crippen molar-refractivity contribution in [2.24, 2.45) is 5.92 Å². The maximum Gasteiger partial charge on any atom is 0.498 e. The molecule has 9 heteroatoms. The van der Waals surface area contributed by atoms with Crippen molar-refractivity contribution in [1.82, 2.24) is 14.9 Å². The number of aromatic nitrogens is 2. The minimum Gasteiger partial charge on any atom is -0.463 e. The quantitative estimate of drug-likeness (QED) is 0.564. The van der Waals surface area contributed by atoms with Gasteiger partial charge in [0.1, 0.15) is 5.88 Å². The van der Waals surface area contributed by atoms with E-state index < -0.39 is 18.3 Å². The summed E-state index contributed by atoms with van der Waals surface area (Å²) in [5, 5.41) is 0. The zero-order valence-electron chi connectivity index (χ0n) is 15.7. The second-order valence-electron chi connectivity index (χ2n) is 7.83.